The van der Waals surface area contributed by atoms with Gasteiger partial charge in [0.05, 0.1) is 11.0 Å². The van der Waals surface area contributed by atoms with E-state index in [1.54, 1.807) is 33.2 Å². The Morgan fingerprint density at radius 3 is 2.32 bits per heavy atom. The standard InChI is InChI=1S/C31H31BN2/c1-31(2,3)30-33-25-17-20-11-6-7-12-21(20)28-29(25)34(30)26-14-8-13-22-23-15-18-9-4-5-10-19(18)16-24(23)32(28)27(22)26/h8,13-17H,4-7,9-12H2,1-3H3. The van der Waals surface area contributed by atoms with Crippen LogP contribution in [0.3, 0.4) is 0 Å². The first-order valence-corrected chi connectivity index (χ1v) is 13.4. The lowest BCUT2D eigenvalue weighted by Gasteiger charge is -2.31. The van der Waals surface area contributed by atoms with Crippen molar-refractivity contribution in [3.05, 3.63) is 64.5 Å². The van der Waals surface area contributed by atoms with Crippen LogP contribution in [0, 0.1) is 0 Å². The van der Waals surface area contributed by atoms with Crippen molar-refractivity contribution in [1.82, 2.24) is 9.55 Å². The largest absolute Gasteiger partial charge is 0.297 e. The molecule has 1 aromatic heterocycles. The Kier molecular flexibility index (Phi) is 3.70. The van der Waals surface area contributed by atoms with Crippen LogP contribution in [0.4, 0.5) is 0 Å². The van der Waals surface area contributed by atoms with Crippen molar-refractivity contribution in [1.29, 1.82) is 0 Å². The molecule has 3 aromatic carbocycles. The van der Waals surface area contributed by atoms with Gasteiger partial charge >= 0.3 is 0 Å². The smallest absolute Gasteiger partial charge is 0.248 e. The Morgan fingerprint density at radius 1 is 0.794 bits per heavy atom. The molecule has 0 bridgehead atoms. The number of imidazole rings is 1. The van der Waals surface area contributed by atoms with Crippen molar-refractivity contribution in [2.24, 2.45) is 0 Å². The highest BCUT2D eigenvalue weighted by molar-refractivity contribution is 7.01. The zero-order chi connectivity index (χ0) is 22.8. The van der Waals surface area contributed by atoms with Crippen molar-refractivity contribution in [2.45, 2.75) is 77.6 Å². The van der Waals surface area contributed by atoms with E-state index in [-0.39, 0.29) is 5.41 Å². The third-order valence-corrected chi connectivity index (χ3v) is 8.99. The van der Waals surface area contributed by atoms with Crippen LogP contribution in [0.2, 0.25) is 0 Å². The van der Waals surface area contributed by atoms with E-state index in [1.807, 2.05) is 0 Å². The quantitative estimate of drug-likeness (QED) is 0.306. The summed E-state index contributed by atoms with van der Waals surface area (Å²) in [6.45, 7) is 7.31. The number of benzene rings is 3. The van der Waals surface area contributed by atoms with E-state index >= 15 is 0 Å². The minimum Gasteiger partial charge on any atom is -0.297 e. The molecular formula is C31H31BN2. The van der Waals surface area contributed by atoms with Crippen LogP contribution in [0.15, 0.2) is 36.4 Å². The molecule has 4 aromatic rings. The summed E-state index contributed by atoms with van der Waals surface area (Å²) in [4.78, 5) is 5.34. The van der Waals surface area contributed by atoms with Gasteiger partial charge in [-0.3, -0.25) is 4.57 Å². The lowest BCUT2D eigenvalue weighted by atomic mass is 9.36. The molecule has 2 aliphatic carbocycles. The van der Waals surface area contributed by atoms with Gasteiger partial charge in [-0.2, -0.15) is 0 Å². The van der Waals surface area contributed by atoms with Gasteiger partial charge in [0.2, 0.25) is 6.71 Å². The summed E-state index contributed by atoms with van der Waals surface area (Å²) in [6, 6.07) is 14.7. The Hall–Kier alpha value is -2.81. The van der Waals surface area contributed by atoms with Gasteiger partial charge in [0, 0.05) is 11.1 Å². The number of hydrogen-bond donors (Lipinski definition) is 0. The zero-order valence-electron chi connectivity index (χ0n) is 20.6. The molecule has 4 aliphatic rings. The van der Waals surface area contributed by atoms with Crippen molar-refractivity contribution in [3.8, 4) is 16.8 Å². The molecule has 34 heavy (non-hydrogen) atoms. The van der Waals surface area contributed by atoms with Crippen LogP contribution in [0.25, 0.3) is 27.8 Å². The van der Waals surface area contributed by atoms with Gasteiger partial charge in [0.25, 0.3) is 0 Å². The fraction of sp³-hybridized carbons (Fsp3) is 0.387. The van der Waals surface area contributed by atoms with Crippen LogP contribution in [0.5, 0.6) is 0 Å². The number of aromatic nitrogens is 2. The van der Waals surface area contributed by atoms with Gasteiger partial charge in [0.1, 0.15) is 5.82 Å². The van der Waals surface area contributed by atoms with Gasteiger partial charge in [-0.1, -0.05) is 50.5 Å². The summed E-state index contributed by atoms with van der Waals surface area (Å²) in [6.07, 6.45) is 10.2. The van der Waals surface area contributed by atoms with Gasteiger partial charge in [-0.15, -0.1) is 0 Å². The minimum absolute atomic E-state index is 0.0170. The molecule has 0 saturated heterocycles. The number of fused-ring (bicyclic) bond motifs is 8. The predicted octanol–water partition coefficient (Wildman–Crippen LogP) is 4.89. The van der Waals surface area contributed by atoms with E-state index < -0.39 is 0 Å². The molecule has 168 valence electrons. The van der Waals surface area contributed by atoms with E-state index in [1.165, 1.54) is 90.5 Å². The summed E-state index contributed by atoms with van der Waals surface area (Å²) >= 11 is 0. The number of aryl methyl sites for hydroxylation is 3. The average molecular weight is 442 g/mol. The van der Waals surface area contributed by atoms with E-state index in [4.69, 9.17) is 4.98 Å². The van der Waals surface area contributed by atoms with Gasteiger partial charge in [0.15, 0.2) is 0 Å². The first-order valence-electron chi connectivity index (χ1n) is 13.4. The number of hydrogen-bond acceptors (Lipinski definition) is 1. The molecule has 3 heterocycles. The first kappa shape index (κ1) is 19.5. The molecule has 0 fully saturated rings. The fourth-order valence-corrected chi connectivity index (χ4v) is 7.57. The van der Waals surface area contributed by atoms with Gasteiger partial charge < -0.3 is 0 Å². The lowest BCUT2D eigenvalue weighted by molar-refractivity contribution is 0.539. The third-order valence-electron chi connectivity index (χ3n) is 8.99. The summed E-state index contributed by atoms with van der Waals surface area (Å²) < 4.78 is 2.56. The van der Waals surface area contributed by atoms with Crippen LogP contribution >= 0.6 is 0 Å². The molecule has 0 radical (unpaired) electrons. The van der Waals surface area contributed by atoms with Crippen LogP contribution < -0.4 is 16.4 Å². The SMILES string of the molecule is CC(C)(C)c1nc2cc3c(c4c2n1-c1cccc2c1B4c1cc4c(cc1-2)CCCC4)CCCC3. The number of nitrogens with zero attached hydrogens (tertiary/aromatic N) is 2. The fourth-order valence-electron chi connectivity index (χ4n) is 7.57. The summed E-state index contributed by atoms with van der Waals surface area (Å²) in [5.41, 5.74) is 18.0. The average Bonchev–Trinajstić information content (AvgIpc) is 3.38. The monoisotopic (exact) mass is 442 g/mol. The van der Waals surface area contributed by atoms with Crippen LogP contribution in [-0.4, -0.2) is 16.3 Å². The summed E-state index contributed by atoms with van der Waals surface area (Å²) in [7, 11) is 0. The molecule has 0 N–H and O–H groups in total. The summed E-state index contributed by atoms with van der Waals surface area (Å²) in [5, 5.41) is 0. The maximum Gasteiger partial charge on any atom is 0.248 e. The second-order valence-corrected chi connectivity index (χ2v) is 12.1. The predicted molar refractivity (Wildman–Crippen MR) is 143 cm³/mol. The lowest BCUT2D eigenvalue weighted by Crippen LogP contribution is -2.55. The Bertz CT molecular complexity index is 1550. The zero-order valence-corrected chi connectivity index (χ0v) is 20.6. The second-order valence-electron chi connectivity index (χ2n) is 12.1. The van der Waals surface area contributed by atoms with Crippen LogP contribution in [-0.2, 0) is 31.1 Å². The third kappa shape index (κ3) is 2.36. The summed E-state index contributed by atoms with van der Waals surface area (Å²) in [5.74, 6) is 1.20. The molecule has 0 spiro atoms. The Labute approximate surface area is 202 Å². The van der Waals surface area contributed by atoms with Gasteiger partial charge in [-0.25, -0.2) is 4.98 Å². The highest BCUT2D eigenvalue weighted by Crippen LogP contribution is 2.39. The Morgan fingerprint density at radius 2 is 1.53 bits per heavy atom. The maximum absolute atomic E-state index is 5.34. The molecule has 0 atom stereocenters. The molecule has 2 aliphatic heterocycles. The van der Waals surface area contributed by atoms with E-state index in [0.29, 0.717) is 6.71 Å². The van der Waals surface area contributed by atoms with Crippen molar-refractivity contribution >= 4 is 34.1 Å². The molecule has 8 rings (SSSR count). The highest BCUT2D eigenvalue weighted by Gasteiger charge is 2.44. The maximum atomic E-state index is 5.34. The second kappa shape index (κ2) is 6.44. The molecule has 0 unspecified atom stereocenters. The van der Waals surface area contributed by atoms with E-state index in [9.17, 15) is 0 Å². The van der Waals surface area contributed by atoms with Crippen molar-refractivity contribution < 1.29 is 0 Å². The molecular weight excluding hydrogens is 411 g/mol. The van der Waals surface area contributed by atoms with E-state index in [0.717, 1.165) is 0 Å². The van der Waals surface area contributed by atoms with Crippen molar-refractivity contribution in [2.75, 3.05) is 0 Å². The minimum atomic E-state index is -0.0170. The molecule has 3 heteroatoms. The van der Waals surface area contributed by atoms with Crippen molar-refractivity contribution in [3.63, 3.8) is 0 Å². The Balaban J connectivity index is 1.55. The molecule has 0 saturated carbocycles. The first-order chi connectivity index (χ1) is 16.5. The van der Waals surface area contributed by atoms with E-state index in [2.05, 4.69) is 61.7 Å². The normalized spacial score (nSPS) is 17.4. The van der Waals surface area contributed by atoms with Gasteiger partial charge in [-0.05, 0) is 108 Å². The molecule has 2 nitrogen and oxygen atoms in total. The highest BCUT2D eigenvalue weighted by atomic mass is 15.1. The topological polar surface area (TPSA) is 17.8 Å². The number of rotatable bonds is 0. The van der Waals surface area contributed by atoms with Crippen LogP contribution in [0.1, 0.15) is 74.5 Å². The molecule has 0 amide bonds.